The zero-order valence-corrected chi connectivity index (χ0v) is 10.9. The molecule has 0 aromatic carbocycles. The first kappa shape index (κ1) is 12.6. The van der Waals surface area contributed by atoms with Crippen molar-refractivity contribution in [3.05, 3.63) is 0 Å². The van der Waals surface area contributed by atoms with Gasteiger partial charge < -0.3 is 4.74 Å². The number of rotatable bonds is 1. The highest BCUT2D eigenvalue weighted by molar-refractivity contribution is 6.00. The maximum atomic E-state index is 12.1. The third-order valence-electron chi connectivity index (χ3n) is 4.70. The Kier molecular flexibility index (Phi) is 3.55. The molecule has 5 atom stereocenters. The second-order valence-electron chi connectivity index (χ2n) is 5.89. The highest BCUT2D eigenvalue weighted by Gasteiger charge is 2.48. The predicted molar refractivity (Wildman–Crippen MR) is 64.3 cm³/mol. The first-order chi connectivity index (χ1) is 8.04. The van der Waals surface area contributed by atoms with Crippen molar-refractivity contribution < 1.29 is 14.3 Å². The van der Waals surface area contributed by atoms with Gasteiger partial charge in [0.25, 0.3) is 0 Å². The molecule has 2 saturated carbocycles. The van der Waals surface area contributed by atoms with Crippen molar-refractivity contribution >= 4 is 11.8 Å². The minimum atomic E-state index is -0.482. The van der Waals surface area contributed by atoms with Crippen LogP contribution in [0.3, 0.4) is 0 Å². The van der Waals surface area contributed by atoms with Gasteiger partial charge in [0.1, 0.15) is 11.7 Å². The Bertz CT molecular complexity index is 323. The van der Waals surface area contributed by atoms with Crippen LogP contribution in [-0.2, 0) is 14.3 Å². The summed E-state index contributed by atoms with van der Waals surface area (Å²) < 4.78 is 4.82. The van der Waals surface area contributed by atoms with E-state index in [4.69, 9.17) is 4.74 Å². The van der Waals surface area contributed by atoms with E-state index in [0.29, 0.717) is 24.2 Å². The number of carbonyl (C=O) groups excluding carboxylic acids is 2. The number of ether oxygens (including phenoxy) is 1. The van der Waals surface area contributed by atoms with Gasteiger partial charge in [-0.05, 0) is 36.5 Å². The van der Waals surface area contributed by atoms with Crippen molar-refractivity contribution in [2.75, 3.05) is 7.11 Å². The molecule has 0 amide bonds. The number of hydrogen-bond acceptors (Lipinski definition) is 3. The zero-order valence-electron chi connectivity index (χ0n) is 10.9. The van der Waals surface area contributed by atoms with E-state index < -0.39 is 5.92 Å². The second-order valence-corrected chi connectivity index (χ2v) is 5.89. The van der Waals surface area contributed by atoms with Crippen LogP contribution >= 0.6 is 0 Å². The Labute approximate surface area is 103 Å². The summed E-state index contributed by atoms with van der Waals surface area (Å²) in [6, 6.07) is 0. The molecule has 96 valence electrons. The van der Waals surface area contributed by atoms with E-state index >= 15 is 0 Å². The summed E-state index contributed by atoms with van der Waals surface area (Å²) in [5.74, 6) is 1.12. The fourth-order valence-corrected chi connectivity index (χ4v) is 3.81. The molecular weight excluding hydrogens is 216 g/mol. The number of ketones is 1. The maximum absolute atomic E-state index is 12.1. The highest BCUT2D eigenvalue weighted by atomic mass is 16.5. The summed E-state index contributed by atoms with van der Waals surface area (Å²) in [6.07, 6.45) is 3.94. The highest BCUT2D eigenvalue weighted by Crippen LogP contribution is 2.47. The van der Waals surface area contributed by atoms with Crippen LogP contribution in [0.5, 0.6) is 0 Å². The van der Waals surface area contributed by atoms with Gasteiger partial charge in [0.15, 0.2) is 0 Å². The Morgan fingerprint density at radius 3 is 2.59 bits per heavy atom. The third-order valence-corrected chi connectivity index (χ3v) is 4.70. The van der Waals surface area contributed by atoms with Crippen molar-refractivity contribution in [3.63, 3.8) is 0 Å². The SMILES string of the molecule is COC(=O)C1C(=O)C[C@H](C)[C@H]2CC[C@H](C)C[C@H]12. The molecule has 3 nitrogen and oxygen atoms in total. The fraction of sp³-hybridized carbons (Fsp3) is 0.857. The third kappa shape index (κ3) is 2.24. The van der Waals surface area contributed by atoms with Gasteiger partial charge in [-0.15, -0.1) is 0 Å². The minimum absolute atomic E-state index is 0.0969. The molecule has 2 fully saturated rings. The summed E-state index contributed by atoms with van der Waals surface area (Å²) in [7, 11) is 1.38. The number of carbonyl (C=O) groups is 2. The lowest BCUT2D eigenvalue weighted by Gasteiger charge is -2.44. The Balaban J connectivity index is 2.23. The van der Waals surface area contributed by atoms with Gasteiger partial charge in [0.2, 0.25) is 0 Å². The molecule has 0 N–H and O–H groups in total. The van der Waals surface area contributed by atoms with Gasteiger partial charge in [-0.1, -0.05) is 20.3 Å². The van der Waals surface area contributed by atoms with Gasteiger partial charge in [0.05, 0.1) is 7.11 Å². The number of esters is 1. The van der Waals surface area contributed by atoms with Crippen LogP contribution in [0.2, 0.25) is 0 Å². The molecule has 0 bridgehead atoms. The van der Waals surface area contributed by atoms with Crippen molar-refractivity contribution in [1.82, 2.24) is 0 Å². The Morgan fingerprint density at radius 1 is 1.24 bits per heavy atom. The smallest absolute Gasteiger partial charge is 0.316 e. The van der Waals surface area contributed by atoms with Gasteiger partial charge >= 0.3 is 5.97 Å². The average Bonchev–Trinajstić information content (AvgIpc) is 2.28. The fourth-order valence-electron chi connectivity index (χ4n) is 3.81. The van der Waals surface area contributed by atoms with Crippen molar-refractivity contribution in [2.24, 2.45) is 29.6 Å². The molecule has 2 aliphatic rings. The molecule has 17 heavy (non-hydrogen) atoms. The number of methoxy groups -OCH3 is 1. The molecule has 0 aliphatic heterocycles. The lowest BCUT2D eigenvalue weighted by Crippen LogP contribution is -2.46. The first-order valence-corrected chi connectivity index (χ1v) is 6.65. The van der Waals surface area contributed by atoms with Crippen LogP contribution in [-0.4, -0.2) is 18.9 Å². The normalized spacial score (nSPS) is 41.8. The van der Waals surface area contributed by atoms with Crippen LogP contribution in [0.1, 0.15) is 39.5 Å². The number of hydrogen-bond donors (Lipinski definition) is 0. The standard InChI is InChI=1S/C14H22O3/c1-8-4-5-10-9(2)7-12(15)13(11(10)6-8)14(16)17-3/h8-11,13H,4-7H2,1-3H3/t8-,9-,10+,11-,13?/m0/s1. The maximum Gasteiger partial charge on any atom is 0.316 e. The van der Waals surface area contributed by atoms with Gasteiger partial charge in [0, 0.05) is 6.42 Å². The van der Waals surface area contributed by atoms with E-state index in [1.807, 2.05) is 0 Å². The minimum Gasteiger partial charge on any atom is -0.468 e. The topological polar surface area (TPSA) is 43.4 Å². The molecule has 1 unspecified atom stereocenters. The summed E-state index contributed by atoms with van der Waals surface area (Å²) in [4.78, 5) is 23.9. The summed E-state index contributed by atoms with van der Waals surface area (Å²) >= 11 is 0. The van der Waals surface area contributed by atoms with Crippen LogP contribution in [0.25, 0.3) is 0 Å². The van der Waals surface area contributed by atoms with Crippen LogP contribution in [0, 0.1) is 29.6 Å². The van der Waals surface area contributed by atoms with E-state index in [0.717, 1.165) is 12.8 Å². The van der Waals surface area contributed by atoms with Gasteiger partial charge in [-0.2, -0.15) is 0 Å². The molecule has 0 aromatic rings. The van der Waals surface area contributed by atoms with Crippen molar-refractivity contribution in [1.29, 1.82) is 0 Å². The van der Waals surface area contributed by atoms with E-state index in [2.05, 4.69) is 13.8 Å². The molecule has 0 saturated heterocycles. The second kappa shape index (κ2) is 4.79. The molecular formula is C14H22O3. The summed E-state index contributed by atoms with van der Waals surface area (Å²) in [5, 5.41) is 0. The van der Waals surface area contributed by atoms with Crippen molar-refractivity contribution in [3.8, 4) is 0 Å². The molecule has 2 rings (SSSR count). The van der Waals surface area contributed by atoms with Gasteiger partial charge in [-0.25, -0.2) is 0 Å². The van der Waals surface area contributed by atoms with E-state index in [9.17, 15) is 9.59 Å². The molecule has 0 spiro atoms. The lowest BCUT2D eigenvalue weighted by atomic mass is 9.59. The Hall–Kier alpha value is -0.860. The van der Waals surface area contributed by atoms with Crippen molar-refractivity contribution in [2.45, 2.75) is 39.5 Å². The number of fused-ring (bicyclic) bond motifs is 1. The molecule has 0 aromatic heterocycles. The predicted octanol–water partition coefficient (Wildman–Crippen LogP) is 2.44. The molecule has 2 aliphatic carbocycles. The monoisotopic (exact) mass is 238 g/mol. The largest absolute Gasteiger partial charge is 0.468 e. The summed E-state index contributed by atoms with van der Waals surface area (Å²) in [6.45, 7) is 4.37. The average molecular weight is 238 g/mol. The zero-order chi connectivity index (χ0) is 12.6. The van der Waals surface area contributed by atoms with Crippen LogP contribution in [0.15, 0.2) is 0 Å². The van der Waals surface area contributed by atoms with Crippen LogP contribution in [0.4, 0.5) is 0 Å². The van der Waals surface area contributed by atoms with E-state index in [1.165, 1.54) is 13.5 Å². The molecule has 0 heterocycles. The lowest BCUT2D eigenvalue weighted by molar-refractivity contribution is -0.157. The quantitative estimate of drug-likeness (QED) is 0.520. The molecule has 0 radical (unpaired) electrons. The number of Topliss-reactive ketones (excluding diaryl/α,β-unsaturated/α-hetero) is 1. The first-order valence-electron chi connectivity index (χ1n) is 6.65. The molecule has 3 heteroatoms. The Morgan fingerprint density at radius 2 is 1.94 bits per heavy atom. The summed E-state index contributed by atoms with van der Waals surface area (Å²) in [5.41, 5.74) is 0. The van der Waals surface area contributed by atoms with E-state index in [1.54, 1.807) is 0 Å². The van der Waals surface area contributed by atoms with E-state index in [-0.39, 0.29) is 17.7 Å². The van der Waals surface area contributed by atoms with Crippen LogP contribution < -0.4 is 0 Å². The van der Waals surface area contributed by atoms with Gasteiger partial charge in [-0.3, -0.25) is 9.59 Å².